The summed E-state index contributed by atoms with van der Waals surface area (Å²) in [5, 5.41) is 3.15. The molecule has 1 saturated carbocycles. The smallest absolute Gasteiger partial charge is 0.296 e. The molecule has 4 nitrogen and oxygen atoms in total. The third-order valence-corrected chi connectivity index (χ3v) is 3.95. The molecule has 0 aromatic heterocycles. The molecule has 1 aromatic carbocycles. The molecule has 0 bridgehead atoms. The Balaban J connectivity index is 1.99. The molecule has 3 rings (SSSR count). The second-order valence-electron chi connectivity index (χ2n) is 5.91. The lowest BCUT2D eigenvalue weighted by Gasteiger charge is -2.28. The maximum atomic E-state index is 11.7. The molecule has 0 radical (unpaired) electrons. The number of hydrogen-bond donors (Lipinski definition) is 1. The fraction of sp³-hybridized carbons (Fsp3) is 0.467. The fourth-order valence-electron chi connectivity index (χ4n) is 2.60. The van der Waals surface area contributed by atoms with Crippen molar-refractivity contribution in [1.82, 2.24) is 0 Å². The number of ketones is 1. The lowest BCUT2D eigenvalue weighted by Crippen LogP contribution is -2.30. The Morgan fingerprint density at radius 3 is 2.65 bits per heavy atom. The van der Waals surface area contributed by atoms with E-state index < -0.39 is 11.7 Å². The monoisotopic (exact) mass is 292 g/mol. The number of anilines is 2. The SMILES string of the molecule is CC(C)CN(c1cc2c(cc1Cl)C(=O)C(=O)N2)C1CC1. The van der Waals surface area contributed by atoms with Gasteiger partial charge in [0.1, 0.15) is 0 Å². The van der Waals surface area contributed by atoms with Gasteiger partial charge >= 0.3 is 0 Å². The molecule has 1 aliphatic heterocycles. The molecule has 1 heterocycles. The van der Waals surface area contributed by atoms with Gasteiger partial charge in [0.15, 0.2) is 0 Å². The van der Waals surface area contributed by atoms with Gasteiger partial charge in [0.05, 0.1) is 22.0 Å². The van der Waals surface area contributed by atoms with Crippen molar-refractivity contribution in [3.05, 3.63) is 22.7 Å². The summed E-state index contributed by atoms with van der Waals surface area (Å²) in [5.41, 5.74) is 1.87. The van der Waals surface area contributed by atoms with Crippen LogP contribution in [0, 0.1) is 5.92 Å². The van der Waals surface area contributed by atoms with Crippen molar-refractivity contribution in [3.8, 4) is 0 Å². The van der Waals surface area contributed by atoms with Gasteiger partial charge in [-0.2, -0.15) is 0 Å². The van der Waals surface area contributed by atoms with Crippen molar-refractivity contribution in [2.45, 2.75) is 32.7 Å². The van der Waals surface area contributed by atoms with Crippen LogP contribution in [0.15, 0.2) is 12.1 Å². The minimum absolute atomic E-state index is 0.379. The Labute approximate surface area is 123 Å². The van der Waals surface area contributed by atoms with Gasteiger partial charge in [0.25, 0.3) is 11.7 Å². The molecule has 2 aliphatic rings. The molecule has 0 spiro atoms. The van der Waals surface area contributed by atoms with E-state index in [4.69, 9.17) is 11.6 Å². The van der Waals surface area contributed by atoms with Crippen molar-refractivity contribution >= 4 is 34.7 Å². The third kappa shape index (κ3) is 2.29. The van der Waals surface area contributed by atoms with Gasteiger partial charge < -0.3 is 10.2 Å². The highest BCUT2D eigenvalue weighted by molar-refractivity contribution is 6.52. The quantitative estimate of drug-likeness (QED) is 0.868. The van der Waals surface area contributed by atoms with Crippen LogP contribution in [-0.4, -0.2) is 24.3 Å². The summed E-state index contributed by atoms with van der Waals surface area (Å²) in [5.74, 6) is -0.554. The van der Waals surface area contributed by atoms with Crippen LogP contribution in [0.4, 0.5) is 11.4 Å². The number of carbonyl (C=O) groups is 2. The molecular weight excluding hydrogens is 276 g/mol. The van der Waals surface area contributed by atoms with Gasteiger partial charge in [-0.3, -0.25) is 9.59 Å². The maximum absolute atomic E-state index is 11.7. The molecule has 106 valence electrons. The molecule has 1 aliphatic carbocycles. The second kappa shape index (κ2) is 4.77. The van der Waals surface area contributed by atoms with Crippen LogP contribution in [0.1, 0.15) is 37.0 Å². The summed E-state index contributed by atoms with van der Waals surface area (Å²) in [6.07, 6.45) is 2.34. The van der Waals surface area contributed by atoms with Gasteiger partial charge in [-0.05, 0) is 30.9 Å². The normalized spacial score (nSPS) is 17.4. The van der Waals surface area contributed by atoms with Crippen molar-refractivity contribution in [1.29, 1.82) is 0 Å². The molecule has 1 aromatic rings. The van der Waals surface area contributed by atoms with Crippen LogP contribution in [0.5, 0.6) is 0 Å². The number of nitrogens with one attached hydrogen (secondary N) is 1. The van der Waals surface area contributed by atoms with Crippen LogP contribution in [0.2, 0.25) is 5.02 Å². The molecule has 1 fully saturated rings. The van der Waals surface area contributed by atoms with E-state index >= 15 is 0 Å². The highest BCUT2D eigenvalue weighted by atomic mass is 35.5. The standard InChI is InChI=1S/C15H17ClN2O2/c1-8(2)7-18(9-3-4-9)13-6-12-10(5-11(13)16)14(19)15(20)17-12/h5-6,8-9H,3-4,7H2,1-2H3,(H,17,19,20). The maximum Gasteiger partial charge on any atom is 0.296 e. The van der Waals surface area contributed by atoms with Crippen LogP contribution in [-0.2, 0) is 4.79 Å². The molecule has 0 saturated heterocycles. The highest BCUT2D eigenvalue weighted by Gasteiger charge is 2.34. The number of Topliss-reactive ketones (excluding diaryl/α,β-unsaturated/α-hetero) is 1. The van der Waals surface area contributed by atoms with Crippen LogP contribution >= 0.6 is 11.6 Å². The molecule has 1 N–H and O–H groups in total. The van der Waals surface area contributed by atoms with Crippen LogP contribution in [0.3, 0.4) is 0 Å². The highest BCUT2D eigenvalue weighted by Crippen LogP contribution is 2.40. The zero-order valence-corrected chi connectivity index (χ0v) is 12.3. The number of nitrogens with zero attached hydrogens (tertiary/aromatic N) is 1. The fourth-order valence-corrected chi connectivity index (χ4v) is 2.87. The zero-order valence-electron chi connectivity index (χ0n) is 11.6. The lowest BCUT2D eigenvalue weighted by molar-refractivity contribution is -0.112. The van der Waals surface area contributed by atoms with Crippen LogP contribution in [0.25, 0.3) is 0 Å². The first-order valence-electron chi connectivity index (χ1n) is 6.93. The predicted octanol–water partition coefficient (Wildman–Crippen LogP) is 3.10. The van der Waals surface area contributed by atoms with E-state index in [1.807, 2.05) is 6.07 Å². The molecule has 20 heavy (non-hydrogen) atoms. The number of benzene rings is 1. The summed E-state index contributed by atoms with van der Waals surface area (Å²) in [6, 6.07) is 3.98. The summed E-state index contributed by atoms with van der Waals surface area (Å²) < 4.78 is 0. The van der Waals surface area contributed by atoms with Crippen molar-refractivity contribution in [2.24, 2.45) is 5.92 Å². The minimum atomic E-state index is -0.574. The Kier molecular flexibility index (Phi) is 3.21. The Morgan fingerprint density at radius 1 is 1.35 bits per heavy atom. The minimum Gasteiger partial charge on any atom is -0.367 e. The Bertz CT molecular complexity index is 594. The van der Waals surface area contributed by atoms with Gasteiger partial charge in [0, 0.05) is 12.6 Å². The summed E-state index contributed by atoms with van der Waals surface area (Å²) >= 11 is 6.34. The van der Waals surface area contributed by atoms with E-state index in [0.717, 1.165) is 12.2 Å². The molecule has 5 heteroatoms. The largest absolute Gasteiger partial charge is 0.367 e. The molecule has 1 amide bonds. The van der Waals surface area contributed by atoms with Gasteiger partial charge in [-0.15, -0.1) is 0 Å². The van der Waals surface area contributed by atoms with Crippen LogP contribution < -0.4 is 10.2 Å². The molecule has 0 unspecified atom stereocenters. The van der Waals surface area contributed by atoms with Gasteiger partial charge in [0.2, 0.25) is 0 Å². The topological polar surface area (TPSA) is 49.4 Å². The van der Waals surface area contributed by atoms with Crippen molar-refractivity contribution in [2.75, 3.05) is 16.8 Å². The van der Waals surface area contributed by atoms with E-state index in [-0.39, 0.29) is 0 Å². The average Bonchev–Trinajstić information content (AvgIpc) is 3.17. The number of fused-ring (bicyclic) bond motifs is 1. The molecule has 0 atom stereocenters. The summed E-state index contributed by atoms with van der Waals surface area (Å²) in [7, 11) is 0. The van der Waals surface area contributed by atoms with Gasteiger partial charge in [-0.25, -0.2) is 0 Å². The molecular formula is C15H17ClN2O2. The van der Waals surface area contributed by atoms with E-state index in [9.17, 15) is 9.59 Å². The van der Waals surface area contributed by atoms with E-state index in [2.05, 4.69) is 24.1 Å². The third-order valence-electron chi connectivity index (χ3n) is 3.64. The van der Waals surface area contributed by atoms with Crippen molar-refractivity contribution < 1.29 is 9.59 Å². The van der Waals surface area contributed by atoms with E-state index in [0.29, 0.717) is 28.2 Å². The van der Waals surface area contributed by atoms with Crippen molar-refractivity contribution in [3.63, 3.8) is 0 Å². The first-order valence-corrected chi connectivity index (χ1v) is 7.31. The predicted molar refractivity (Wildman–Crippen MR) is 79.6 cm³/mol. The summed E-state index contributed by atoms with van der Waals surface area (Å²) in [4.78, 5) is 25.4. The van der Waals surface area contributed by atoms with Gasteiger partial charge in [-0.1, -0.05) is 25.4 Å². The Hall–Kier alpha value is -1.55. The number of hydrogen-bond acceptors (Lipinski definition) is 3. The zero-order chi connectivity index (χ0) is 14.4. The first kappa shape index (κ1) is 13.4. The van der Waals surface area contributed by atoms with E-state index in [1.54, 1.807) is 6.07 Å². The first-order chi connectivity index (χ1) is 9.47. The number of halogens is 1. The average molecular weight is 293 g/mol. The Morgan fingerprint density at radius 2 is 2.05 bits per heavy atom. The lowest BCUT2D eigenvalue weighted by atomic mass is 10.1. The van der Waals surface area contributed by atoms with E-state index in [1.165, 1.54) is 12.8 Å². The summed E-state index contributed by atoms with van der Waals surface area (Å²) in [6.45, 7) is 5.26. The number of rotatable bonds is 4. The second-order valence-corrected chi connectivity index (χ2v) is 6.32. The number of carbonyl (C=O) groups excluding carboxylic acids is 2. The number of amides is 1.